The highest BCUT2D eigenvalue weighted by molar-refractivity contribution is 5.81. The Morgan fingerprint density at radius 3 is 2.69 bits per heavy atom. The van der Waals surface area contributed by atoms with Crippen molar-refractivity contribution in [3.05, 3.63) is 53.9 Å². The van der Waals surface area contributed by atoms with Gasteiger partial charge in [-0.15, -0.1) is 0 Å². The Labute approximate surface area is 91.0 Å². The molecule has 0 aliphatic carbocycles. The van der Waals surface area contributed by atoms with Crippen molar-refractivity contribution in [1.82, 2.24) is 9.55 Å². The van der Waals surface area contributed by atoms with E-state index in [0.29, 0.717) is 6.54 Å². The Morgan fingerprint density at radius 1 is 1.38 bits per heavy atom. The maximum atomic E-state index is 12.6. The molecule has 0 aliphatic heterocycles. The van der Waals surface area contributed by atoms with Gasteiger partial charge in [-0.2, -0.15) is 0 Å². The molecule has 0 saturated carbocycles. The van der Waals surface area contributed by atoms with E-state index in [-0.39, 0.29) is 11.6 Å². The van der Waals surface area contributed by atoms with Crippen LogP contribution in [-0.2, 0) is 6.54 Å². The minimum absolute atomic E-state index is 0.135. The number of carboxylic acids is 1. The number of carbonyl (C=O) groups is 1. The summed E-state index contributed by atoms with van der Waals surface area (Å²) in [6, 6.07) is 5.83. The van der Waals surface area contributed by atoms with Crippen LogP contribution < -0.4 is 5.11 Å². The number of aromatic carboxylic acids is 1. The summed E-state index contributed by atoms with van der Waals surface area (Å²) in [5, 5.41) is 10.7. The first kappa shape index (κ1) is 10.4. The first-order valence-electron chi connectivity index (χ1n) is 4.64. The SMILES string of the molecule is O=C([O-])c1nccn1Cc1ccc(F)cc1. The molecule has 16 heavy (non-hydrogen) atoms. The van der Waals surface area contributed by atoms with Crippen molar-refractivity contribution in [3.8, 4) is 0 Å². The Morgan fingerprint density at radius 2 is 2.06 bits per heavy atom. The van der Waals surface area contributed by atoms with E-state index in [9.17, 15) is 14.3 Å². The number of benzene rings is 1. The van der Waals surface area contributed by atoms with Crippen LogP contribution in [0.2, 0.25) is 0 Å². The molecular weight excluding hydrogens is 211 g/mol. The van der Waals surface area contributed by atoms with Crippen LogP contribution in [0.15, 0.2) is 36.7 Å². The lowest BCUT2D eigenvalue weighted by Gasteiger charge is -2.08. The number of aromatic nitrogens is 2. The highest BCUT2D eigenvalue weighted by Crippen LogP contribution is 2.06. The van der Waals surface area contributed by atoms with Crippen molar-refractivity contribution in [2.45, 2.75) is 6.54 Å². The summed E-state index contributed by atoms with van der Waals surface area (Å²) < 4.78 is 14.1. The Kier molecular flexibility index (Phi) is 2.68. The smallest absolute Gasteiger partial charge is 0.155 e. The van der Waals surface area contributed by atoms with Gasteiger partial charge in [0.2, 0.25) is 0 Å². The zero-order valence-electron chi connectivity index (χ0n) is 8.26. The van der Waals surface area contributed by atoms with Gasteiger partial charge >= 0.3 is 0 Å². The molecule has 1 aromatic carbocycles. The highest BCUT2D eigenvalue weighted by atomic mass is 19.1. The van der Waals surface area contributed by atoms with Gasteiger partial charge in [0, 0.05) is 18.9 Å². The maximum absolute atomic E-state index is 12.6. The minimum Gasteiger partial charge on any atom is -0.542 e. The van der Waals surface area contributed by atoms with E-state index in [2.05, 4.69) is 4.98 Å². The molecule has 0 saturated heterocycles. The summed E-state index contributed by atoms with van der Waals surface area (Å²) >= 11 is 0. The minimum atomic E-state index is -1.33. The fourth-order valence-electron chi connectivity index (χ4n) is 1.41. The average Bonchev–Trinajstić information content (AvgIpc) is 2.69. The molecule has 0 bridgehead atoms. The predicted molar refractivity (Wildman–Crippen MR) is 52.1 cm³/mol. The second-order valence-corrected chi connectivity index (χ2v) is 3.29. The van der Waals surface area contributed by atoms with Crippen molar-refractivity contribution < 1.29 is 14.3 Å². The first-order valence-corrected chi connectivity index (χ1v) is 4.64. The summed E-state index contributed by atoms with van der Waals surface area (Å²) in [5.74, 6) is -1.79. The third-order valence-corrected chi connectivity index (χ3v) is 2.16. The van der Waals surface area contributed by atoms with E-state index in [1.165, 1.54) is 29.1 Å². The summed E-state index contributed by atoms with van der Waals surface area (Å²) in [5.41, 5.74) is 0.793. The second-order valence-electron chi connectivity index (χ2n) is 3.29. The molecule has 1 aromatic heterocycles. The lowest BCUT2D eigenvalue weighted by Crippen LogP contribution is -2.26. The summed E-state index contributed by atoms with van der Waals surface area (Å²) in [6.07, 6.45) is 2.92. The number of halogens is 1. The average molecular weight is 219 g/mol. The van der Waals surface area contributed by atoms with E-state index in [1.54, 1.807) is 12.1 Å². The largest absolute Gasteiger partial charge is 0.542 e. The molecule has 0 aliphatic rings. The van der Waals surface area contributed by atoms with Crippen LogP contribution in [0.4, 0.5) is 4.39 Å². The van der Waals surface area contributed by atoms with Gasteiger partial charge in [-0.05, 0) is 17.7 Å². The van der Waals surface area contributed by atoms with E-state index < -0.39 is 5.97 Å². The van der Waals surface area contributed by atoms with Gasteiger partial charge in [0.05, 0.1) is 0 Å². The molecule has 4 nitrogen and oxygen atoms in total. The van der Waals surface area contributed by atoms with E-state index >= 15 is 0 Å². The third kappa shape index (κ3) is 2.08. The van der Waals surface area contributed by atoms with E-state index in [4.69, 9.17) is 0 Å². The van der Waals surface area contributed by atoms with Crippen LogP contribution in [0.3, 0.4) is 0 Å². The molecule has 0 unspecified atom stereocenters. The lowest BCUT2D eigenvalue weighted by molar-refractivity contribution is -0.256. The van der Waals surface area contributed by atoms with E-state index in [1.807, 2.05) is 0 Å². The highest BCUT2D eigenvalue weighted by Gasteiger charge is 2.03. The normalized spacial score (nSPS) is 10.3. The Balaban J connectivity index is 2.23. The molecule has 5 heteroatoms. The van der Waals surface area contributed by atoms with Gasteiger partial charge < -0.3 is 14.5 Å². The number of nitrogens with zero attached hydrogens (tertiary/aromatic N) is 2. The molecule has 0 atom stereocenters. The molecular formula is C11H8FN2O2-. The number of carbonyl (C=O) groups excluding carboxylic acids is 1. The summed E-state index contributed by atoms with van der Waals surface area (Å²) in [7, 11) is 0. The van der Waals surface area contributed by atoms with E-state index in [0.717, 1.165) is 5.56 Å². The standard InChI is InChI=1S/C11H9FN2O2/c12-9-3-1-8(2-4-9)7-14-6-5-13-10(14)11(15)16/h1-6H,7H2,(H,15,16)/p-1. The fraction of sp³-hybridized carbons (Fsp3) is 0.0909. The molecule has 1 heterocycles. The lowest BCUT2D eigenvalue weighted by atomic mass is 10.2. The van der Waals surface area contributed by atoms with Gasteiger partial charge in [0.25, 0.3) is 0 Å². The van der Waals surface area contributed by atoms with Gasteiger partial charge in [0.1, 0.15) is 11.8 Å². The molecule has 0 spiro atoms. The molecule has 0 amide bonds. The Hall–Kier alpha value is -2.17. The van der Waals surface area contributed by atoms with Crippen LogP contribution in [-0.4, -0.2) is 15.5 Å². The van der Waals surface area contributed by atoms with Gasteiger partial charge in [-0.25, -0.2) is 9.37 Å². The number of hydrogen-bond donors (Lipinski definition) is 0. The number of imidazole rings is 1. The quantitative estimate of drug-likeness (QED) is 0.752. The molecule has 0 fully saturated rings. The maximum Gasteiger partial charge on any atom is 0.155 e. The number of rotatable bonds is 3. The van der Waals surface area contributed by atoms with Crippen LogP contribution in [0.25, 0.3) is 0 Å². The van der Waals surface area contributed by atoms with Crippen LogP contribution in [0.1, 0.15) is 16.2 Å². The van der Waals surface area contributed by atoms with Crippen molar-refractivity contribution in [2.75, 3.05) is 0 Å². The second kappa shape index (κ2) is 4.14. The van der Waals surface area contributed by atoms with Crippen molar-refractivity contribution in [3.63, 3.8) is 0 Å². The molecule has 2 aromatic rings. The van der Waals surface area contributed by atoms with Gasteiger partial charge in [0.15, 0.2) is 5.82 Å². The van der Waals surface area contributed by atoms with Crippen LogP contribution in [0.5, 0.6) is 0 Å². The van der Waals surface area contributed by atoms with Crippen molar-refractivity contribution in [1.29, 1.82) is 0 Å². The molecule has 2 rings (SSSR count). The number of carboxylic acid groups (broad SMARTS) is 1. The summed E-state index contributed by atoms with van der Waals surface area (Å²) in [4.78, 5) is 14.3. The van der Waals surface area contributed by atoms with Gasteiger partial charge in [-0.1, -0.05) is 12.1 Å². The molecule has 82 valence electrons. The third-order valence-electron chi connectivity index (χ3n) is 2.16. The zero-order valence-corrected chi connectivity index (χ0v) is 8.26. The molecule has 0 N–H and O–H groups in total. The van der Waals surface area contributed by atoms with Crippen molar-refractivity contribution in [2.24, 2.45) is 0 Å². The van der Waals surface area contributed by atoms with Crippen LogP contribution >= 0.6 is 0 Å². The summed E-state index contributed by atoms with van der Waals surface area (Å²) in [6.45, 7) is 0.323. The topological polar surface area (TPSA) is 57.9 Å². The van der Waals surface area contributed by atoms with Crippen molar-refractivity contribution >= 4 is 5.97 Å². The van der Waals surface area contributed by atoms with Crippen LogP contribution in [0, 0.1) is 5.82 Å². The van der Waals surface area contributed by atoms with Gasteiger partial charge in [-0.3, -0.25) is 0 Å². The first-order chi connectivity index (χ1) is 7.66. The molecule has 0 radical (unpaired) electrons. The number of hydrogen-bond acceptors (Lipinski definition) is 3. The predicted octanol–water partition coefficient (Wildman–Crippen LogP) is 0.434. The Bertz CT molecular complexity index is 505. The zero-order chi connectivity index (χ0) is 11.5. The monoisotopic (exact) mass is 219 g/mol. The fourth-order valence-corrected chi connectivity index (χ4v) is 1.41.